The summed E-state index contributed by atoms with van der Waals surface area (Å²) in [4.78, 5) is 12.1. The van der Waals surface area contributed by atoms with Gasteiger partial charge in [-0.1, -0.05) is 39.5 Å². The maximum Gasteiger partial charge on any atom is 0.240 e. The fourth-order valence-corrected chi connectivity index (χ4v) is 2.78. The van der Waals surface area contributed by atoms with Crippen molar-refractivity contribution < 1.29 is 4.79 Å². The predicted octanol–water partition coefficient (Wildman–Crippen LogP) is 3.01. The van der Waals surface area contributed by atoms with Gasteiger partial charge in [-0.3, -0.25) is 4.79 Å². The Balaban J connectivity index is 0.00000289. The van der Waals surface area contributed by atoms with Gasteiger partial charge < -0.3 is 11.1 Å². The molecule has 108 valence electrons. The van der Waals surface area contributed by atoms with Crippen LogP contribution in [0.3, 0.4) is 0 Å². The number of rotatable bonds is 5. The zero-order valence-corrected chi connectivity index (χ0v) is 12.8. The van der Waals surface area contributed by atoms with Crippen LogP contribution in [0, 0.1) is 5.92 Å². The summed E-state index contributed by atoms with van der Waals surface area (Å²) in [6.45, 7) is 6.14. The van der Waals surface area contributed by atoms with Crippen molar-refractivity contribution in [3.05, 3.63) is 0 Å². The Morgan fingerprint density at radius 3 is 2.61 bits per heavy atom. The third-order valence-electron chi connectivity index (χ3n) is 3.98. The molecule has 1 saturated carbocycles. The van der Waals surface area contributed by atoms with Gasteiger partial charge in [-0.25, -0.2) is 0 Å². The smallest absolute Gasteiger partial charge is 0.240 e. The highest BCUT2D eigenvalue weighted by Gasteiger charge is 2.30. The molecule has 0 bridgehead atoms. The summed E-state index contributed by atoms with van der Waals surface area (Å²) in [6, 6.07) is 0.348. The fraction of sp³-hybridized carbons (Fsp3) is 0.929. The molecule has 0 radical (unpaired) electrons. The van der Waals surface area contributed by atoms with E-state index in [-0.39, 0.29) is 18.3 Å². The molecule has 0 aromatic rings. The van der Waals surface area contributed by atoms with Crippen LogP contribution in [0.2, 0.25) is 0 Å². The molecule has 1 rings (SSSR count). The number of halogens is 1. The van der Waals surface area contributed by atoms with Gasteiger partial charge in [-0.15, -0.1) is 12.4 Å². The van der Waals surface area contributed by atoms with Crippen LogP contribution in [0.1, 0.15) is 65.7 Å². The molecule has 18 heavy (non-hydrogen) atoms. The molecule has 1 amide bonds. The Labute approximate surface area is 118 Å². The standard InChI is InChI=1S/C14H28N2O.ClH/c1-4-9-14(3,15)13(17)16-12-8-6-7-11(5-2)10-12;/h11-12H,4-10,15H2,1-3H3,(H,16,17);1H. The zero-order chi connectivity index (χ0) is 12.9. The minimum absolute atomic E-state index is 0. The van der Waals surface area contributed by atoms with E-state index in [1.165, 1.54) is 19.3 Å². The first kappa shape index (κ1) is 17.7. The van der Waals surface area contributed by atoms with Gasteiger partial charge in [-0.05, 0) is 32.1 Å². The van der Waals surface area contributed by atoms with Crippen LogP contribution in [0.15, 0.2) is 0 Å². The van der Waals surface area contributed by atoms with Crippen molar-refractivity contribution in [3.63, 3.8) is 0 Å². The highest BCUT2D eigenvalue weighted by molar-refractivity contribution is 5.86. The van der Waals surface area contributed by atoms with Crippen LogP contribution in [0.4, 0.5) is 0 Å². The average molecular weight is 277 g/mol. The normalized spacial score (nSPS) is 26.9. The van der Waals surface area contributed by atoms with Gasteiger partial charge in [0.2, 0.25) is 5.91 Å². The summed E-state index contributed by atoms with van der Waals surface area (Å²) in [6.07, 6.45) is 7.72. The van der Waals surface area contributed by atoms with Gasteiger partial charge in [0.25, 0.3) is 0 Å². The third-order valence-corrected chi connectivity index (χ3v) is 3.98. The van der Waals surface area contributed by atoms with E-state index < -0.39 is 5.54 Å². The largest absolute Gasteiger partial charge is 0.352 e. The molecule has 0 aromatic carbocycles. The number of nitrogens with two attached hydrogens (primary N) is 1. The lowest BCUT2D eigenvalue weighted by Gasteiger charge is -2.32. The predicted molar refractivity (Wildman–Crippen MR) is 78.9 cm³/mol. The summed E-state index contributed by atoms with van der Waals surface area (Å²) >= 11 is 0. The van der Waals surface area contributed by atoms with Gasteiger partial charge in [-0.2, -0.15) is 0 Å². The van der Waals surface area contributed by atoms with Crippen molar-refractivity contribution >= 4 is 18.3 Å². The number of carbonyl (C=O) groups is 1. The maximum atomic E-state index is 12.1. The van der Waals surface area contributed by atoms with Crippen molar-refractivity contribution in [2.24, 2.45) is 11.7 Å². The molecule has 0 saturated heterocycles. The molecule has 1 fully saturated rings. The first-order valence-electron chi connectivity index (χ1n) is 7.09. The van der Waals surface area contributed by atoms with Gasteiger partial charge in [0.1, 0.15) is 0 Å². The second-order valence-corrected chi connectivity index (χ2v) is 5.78. The number of nitrogens with one attached hydrogen (secondary N) is 1. The molecule has 1 aliphatic carbocycles. The van der Waals surface area contributed by atoms with E-state index in [1.54, 1.807) is 0 Å². The molecule has 0 spiro atoms. The van der Waals surface area contributed by atoms with E-state index in [0.29, 0.717) is 6.04 Å². The summed E-state index contributed by atoms with van der Waals surface area (Å²) < 4.78 is 0. The van der Waals surface area contributed by atoms with Crippen molar-refractivity contribution in [3.8, 4) is 0 Å². The van der Waals surface area contributed by atoms with E-state index in [9.17, 15) is 4.79 Å². The van der Waals surface area contributed by atoms with Crippen LogP contribution < -0.4 is 11.1 Å². The fourth-order valence-electron chi connectivity index (χ4n) is 2.78. The van der Waals surface area contributed by atoms with Gasteiger partial charge in [0.05, 0.1) is 5.54 Å². The van der Waals surface area contributed by atoms with E-state index in [4.69, 9.17) is 5.73 Å². The van der Waals surface area contributed by atoms with Crippen LogP contribution in [-0.4, -0.2) is 17.5 Å². The Bertz CT molecular complexity index is 256. The van der Waals surface area contributed by atoms with Gasteiger partial charge in [0, 0.05) is 6.04 Å². The lowest BCUT2D eigenvalue weighted by Crippen LogP contribution is -2.54. The molecular formula is C14H29ClN2O. The Kier molecular flexibility index (Phi) is 7.88. The molecule has 4 heteroatoms. The number of carbonyl (C=O) groups excluding carboxylic acids is 1. The molecule has 3 nitrogen and oxygen atoms in total. The first-order valence-corrected chi connectivity index (χ1v) is 7.09. The number of hydrogen-bond acceptors (Lipinski definition) is 2. The Hall–Kier alpha value is -0.280. The molecule has 0 aliphatic heterocycles. The van der Waals surface area contributed by atoms with Crippen LogP contribution in [0.5, 0.6) is 0 Å². The Morgan fingerprint density at radius 1 is 1.39 bits per heavy atom. The molecular weight excluding hydrogens is 248 g/mol. The van der Waals surface area contributed by atoms with Crippen molar-refractivity contribution in [1.29, 1.82) is 0 Å². The minimum Gasteiger partial charge on any atom is -0.352 e. The van der Waals surface area contributed by atoms with Crippen LogP contribution in [-0.2, 0) is 4.79 Å². The first-order chi connectivity index (χ1) is 7.99. The quantitative estimate of drug-likeness (QED) is 0.811. The second-order valence-electron chi connectivity index (χ2n) is 5.78. The molecule has 3 atom stereocenters. The second kappa shape index (κ2) is 8.00. The maximum absolute atomic E-state index is 12.1. The highest BCUT2D eigenvalue weighted by Crippen LogP contribution is 2.26. The SMILES string of the molecule is CCCC(C)(N)C(=O)NC1CCCC(CC)C1.Cl. The highest BCUT2D eigenvalue weighted by atomic mass is 35.5. The van der Waals surface area contributed by atoms with E-state index in [2.05, 4.69) is 19.2 Å². The lowest BCUT2D eigenvalue weighted by atomic mass is 9.83. The topological polar surface area (TPSA) is 55.1 Å². The van der Waals surface area contributed by atoms with Gasteiger partial charge >= 0.3 is 0 Å². The van der Waals surface area contributed by atoms with Gasteiger partial charge in [0.15, 0.2) is 0 Å². The average Bonchev–Trinajstić information content (AvgIpc) is 2.29. The molecule has 3 N–H and O–H groups in total. The minimum atomic E-state index is -0.700. The number of hydrogen-bond donors (Lipinski definition) is 2. The molecule has 0 aromatic heterocycles. The molecule has 0 heterocycles. The summed E-state index contributed by atoms with van der Waals surface area (Å²) in [5, 5.41) is 3.14. The van der Waals surface area contributed by atoms with Crippen molar-refractivity contribution in [2.45, 2.75) is 77.3 Å². The van der Waals surface area contributed by atoms with E-state index in [0.717, 1.165) is 31.6 Å². The monoisotopic (exact) mass is 276 g/mol. The molecule has 1 aliphatic rings. The third kappa shape index (κ3) is 5.15. The molecule has 3 unspecified atom stereocenters. The van der Waals surface area contributed by atoms with E-state index >= 15 is 0 Å². The zero-order valence-electron chi connectivity index (χ0n) is 12.0. The van der Waals surface area contributed by atoms with Crippen LogP contribution in [0.25, 0.3) is 0 Å². The van der Waals surface area contributed by atoms with Crippen molar-refractivity contribution in [2.75, 3.05) is 0 Å². The number of amides is 1. The summed E-state index contributed by atoms with van der Waals surface area (Å²) in [5.41, 5.74) is 5.34. The Morgan fingerprint density at radius 2 is 2.06 bits per heavy atom. The van der Waals surface area contributed by atoms with Crippen LogP contribution >= 0.6 is 12.4 Å². The summed E-state index contributed by atoms with van der Waals surface area (Å²) in [5.74, 6) is 0.811. The summed E-state index contributed by atoms with van der Waals surface area (Å²) in [7, 11) is 0. The lowest BCUT2D eigenvalue weighted by molar-refractivity contribution is -0.127. The van der Waals surface area contributed by atoms with E-state index in [1.807, 2.05) is 6.92 Å². The van der Waals surface area contributed by atoms with Crippen molar-refractivity contribution in [1.82, 2.24) is 5.32 Å².